The minimum atomic E-state index is -0.693. The number of carbonyl (C=O) groups excluding carboxylic acids is 2. The Morgan fingerprint density at radius 1 is 1.21 bits per heavy atom. The van der Waals surface area contributed by atoms with Crippen molar-refractivity contribution in [2.24, 2.45) is 0 Å². The molecule has 2 unspecified atom stereocenters. The fourth-order valence-corrected chi connectivity index (χ4v) is 3.53. The predicted octanol–water partition coefficient (Wildman–Crippen LogP) is 4.25. The van der Waals surface area contributed by atoms with Gasteiger partial charge in [-0.05, 0) is 37.7 Å². The smallest absolute Gasteiger partial charge is 0.305 e. The standard InChI is InChI=1S/C19H29BrO4/c1-3-4-8-11-14-15(19(23)17(20)18(14)22)12-9-6-5-7-10-13-16(21)24-2/h4,8,17,19,23H,3,5-7,9-13H2,1-2H3. The molecule has 0 radical (unpaired) electrons. The summed E-state index contributed by atoms with van der Waals surface area (Å²) in [7, 11) is 1.41. The largest absolute Gasteiger partial charge is 0.469 e. The van der Waals surface area contributed by atoms with Crippen molar-refractivity contribution in [3.8, 4) is 0 Å². The molecule has 0 saturated carbocycles. The minimum absolute atomic E-state index is 0.0244. The Kier molecular flexibility index (Phi) is 10.2. The fraction of sp³-hybridized carbons (Fsp3) is 0.684. The number of hydrogen-bond acceptors (Lipinski definition) is 4. The molecular weight excluding hydrogens is 372 g/mol. The van der Waals surface area contributed by atoms with Crippen LogP contribution in [-0.4, -0.2) is 34.9 Å². The highest BCUT2D eigenvalue weighted by Gasteiger charge is 2.37. The predicted molar refractivity (Wildman–Crippen MR) is 99.1 cm³/mol. The minimum Gasteiger partial charge on any atom is -0.469 e. The van der Waals surface area contributed by atoms with Crippen molar-refractivity contribution in [1.82, 2.24) is 0 Å². The number of carbonyl (C=O) groups is 2. The lowest BCUT2D eigenvalue weighted by Gasteiger charge is -2.11. The summed E-state index contributed by atoms with van der Waals surface area (Å²) in [4.78, 5) is 22.8. The maximum Gasteiger partial charge on any atom is 0.305 e. The van der Waals surface area contributed by atoms with Gasteiger partial charge in [0.2, 0.25) is 0 Å². The second-order valence-electron chi connectivity index (χ2n) is 6.14. The molecule has 1 aliphatic carbocycles. The molecule has 5 heteroatoms. The van der Waals surface area contributed by atoms with E-state index in [0.717, 1.165) is 56.1 Å². The van der Waals surface area contributed by atoms with Crippen LogP contribution in [0.2, 0.25) is 0 Å². The lowest BCUT2D eigenvalue weighted by Crippen LogP contribution is -2.22. The molecule has 136 valence electrons. The summed E-state index contributed by atoms with van der Waals surface area (Å²) in [5, 5.41) is 10.3. The van der Waals surface area contributed by atoms with E-state index in [1.807, 2.05) is 12.2 Å². The maximum atomic E-state index is 12.2. The summed E-state index contributed by atoms with van der Waals surface area (Å²) in [6, 6.07) is 0. The Balaban J connectivity index is 2.40. The number of Topliss-reactive ketones (excluding diaryl/α,β-unsaturated/α-hetero) is 1. The Labute approximate surface area is 153 Å². The van der Waals surface area contributed by atoms with Gasteiger partial charge in [0.25, 0.3) is 0 Å². The summed E-state index contributed by atoms with van der Waals surface area (Å²) in [6.07, 6.45) is 11.1. The molecule has 24 heavy (non-hydrogen) atoms. The SMILES string of the molecule is CCC=CCC1=C(CCCCCCCC(=O)OC)C(O)C(Br)C1=O. The van der Waals surface area contributed by atoms with Crippen molar-refractivity contribution in [1.29, 1.82) is 0 Å². The van der Waals surface area contributed by atoms with Gasteiger partial charge in [0.15, 0.2) is 5.78 Å². The molecule has 0 fully saturated rings. The van der Waals surface area contributed by atoms with Crippen molar-refractivity contribution in [2.75, 3.05) is 7.11 Å². The number of ketones is 1. The molecule has 4 nitrogen and oxygen atoms in total. The molecule has 1 rings (SSSR count). The highest BCUT2D eigenvalue weighted by Crippen LogP contribution is 2.34. The first-order valence-corrected chi connectivity index (χ1v) is 9.74. The van der Waals surface area contributed by atoms with Gasteiger partial charge in [-0.3, -0.25) is 9.59 Å². The number of allylic oxidation sites excluding steroid dienone is 3. The molecule has 0 amide bonds. The van der Waals surface area contributed by atoms with Crippen LogP contribution >= 0.6 is 15.9 Å². The van der Waals surface area contributed by atoms with Crippen LogP contribution in [0.3, 0.4) is 0 Å². The van der Waals surface area contributed by atoms with E-state index in [4.69, 9.17) is 0 Å². The number of rotatable bonds is 11. The number of aliphatic hydroxyl groups excluding tert-OH is 1. The van der Waals surface area contributed by atoms with Gasteiger partial charge >= 0.3 is 5.97 Å². The lowest BCUT2D eigenvalue weighted by atomic mass is 9.99. The van der Waals surface area contributed by atoms with Crippen LogP contribution in [0.4, 0.5) is 0 Å². The molecule has 1 N–H and O–H groups in total. The zero-order valence-corrected chi connectivity index (χ0v) is 16.3. The first-order valence-electron chi connectivity index (χ1n) is 8.83. The number of esters is 1. The number of methoxy groups -OCH3 is 1. The van der Waals surface area contributed by atoms with Crippen molar-refractivity contribution >= 4 is 27.7 Å². The Bertz CT molecular complexity index is 482. The number of alkyl halides is 1. The van der Waals surface area contributed by atoms with Crippen LogP contribution in [0.1, 0.15) is 64.7 Å². The summed E-state index contributed by atoms with van der Waals surface area (Å²) in [5.41, 5.74) is 1.68. The second kappa shape index (κ2) is 11.6. The molecular formula is C19H29BrO4. The van der Waals surface area contributed by atoms with E-state index < -0.39 is 10.9 Å². The molecule has 0 aromatic rings. The van der Waals surface area contributed by atoms with Crippen molar-refractivity contribution in [2.45, 2.75) is 75.6 Å². The van der Waals surface area contributed by atoms with Crippen LogP contribution in [0.5, 0.6) is 0 Å². The van der Waals surface area contributed by atoms with E-state index in [0.29, 0.717) is 12.8 Å². The molecule has 0 aromatic carbocycles. The normalized spacial score (nSPS) is 21.1. The molecule has 0 aromatic heterocycles. The van der Waals surface area contributed by atoms with E-state index in [9.17, 15) is 14.7 Å². The number of halogens is 1. The van der Waals surface area contributed by atoms with Crippen LogP contribution in [0, 0.1) is 0 Å². The number of unbranched alkanes of at least 4 members (excludes halogenated alkanes) is 4. The van der Waals surface area contributed by atoms with Crippen LogP contribution in [-0.2, 0) is 14.3 Å². The van der Waals surface area contributed by atoms with Gasteiger partial charge in [0.1, 0.15) is 4.83 Å². The van der Waals surface area contributed by atoms with Gasteiger partial charge in [0, 0.05) is 12.0 Å². The molecule has 0 spiro atoms. The van der Waals surface area contributed by atoms with E-state index in [2.05, 4.69) is 27.6 Å². The first-order chi connectivity index (χ1) is 11.5. The van der Waals surface area contributed by atoms with E-state index >= 15 is 0 Å². The Morgan fingerprint density at radius 2 is 1.88 bits per heavy atom. The molecule has 0 heterocycles. The maximum absolute atomic E-state index is 12.2. The third kappa shape index (κ3) is 6.52. The summed E-state index contributed by atoms with van der Waals surface area (Å²) in [6.45, 7) is 2.06. The average molecular weight is 401 g/mol. The number of ether oxygens (including phenoxy) is 1. The molecule has 1 aliphatic rings. The molecule has 2 atom stereocenters. The van der Waals surface area contributed by atoms with E-state index in [1.54, 1.807) is 0 Å². The van der Waals surface area contributed by atoms with E-state index in [-0.39, 0.29) is 11.8 Å². The van der Waals surface area contributed by atoms with E-state index in [1.165, 1.54) is 7.11 Å². The summed E-state index contributed by atoms with van der Waals surface area (Å²) in [5.74, 6) is -0.128. The van der Waals surface area contributed by atoms with Gasteiger partial charge in [0.05, 0.1) is 13.2 Å². The summed E-state index contributed by atoms with van der Waals surface area (Å²) < 4.78 is 4.61. The van der Waals surface area contributed by atoms with Crippen LogP contribution < -0.4 is 0 Å². The second-order valence-corrected chi connectivity index (χ2v) is 7.13. The van der Waals surface area contributed by atoms with Crippen LogP contribution in [0.15, 0.2) is 23.3 Å². The summed E-state index contributed by atoms with van der Waals surface area (Å²) >= 11 is 3.31. The monoisotopic (exact) mass is 400 g/mol. The van der Waals surface area contributed by atoms with Gasteiger partial charge < -0.3 is 9.84 Å². The number of hydrogen-bond donors (Lipinski definition) is 1. The highest BCUT2D eigenvalue weighted by molar-refractivity contribution is 9.10. The first kappa shape index (κ1) is 21.1. The zero-order chi connectivity index (χ0) is 17.9. The molecule has 0 aliphatic heterocycles. The third-order valence-electron chi connectivity index (χ3n) is 4.35. The molecule has 0 saturated heterocycles. The van der Waals surface area contributed by atoms with Crippen LogP contribution in [0.25, 0.3) is 0 Å². The van der Waals surface area contributed by atoms with Gasteiger partial charge in [-0.15, -0.1) is 0 Å². The topological polar surface area (TPSA) is 63.6 Å². The fourth-order valence-electron chi connectivity index (χ4n) is 2.94. The van der Waals surface area contributed by atoms with Crippen molar-refractivity contribution in [3.05, 3.63) is 23.3 Å². The van der Waals surface area contributed by atoms with Gasteiger partial charge in [-0.25, -0.2) is 0 Å². The number of aliphatic hydroxyl groups is 1. The lowest BCUT2D eigenvalue weighted by molar-refractivity contribution is -0.140. The quantitative estimate of drug-likeness (QED) is 0.243. The third-order valence-corrected chi connectivity index (χ3v) is 5.27. The Hall–Kier alpha value is -0.940. The van der Waals surface area contributed by atoms with Gasteiger partial charge in [-0.2, -0.15) is 0 Å². The van der Waals surface area contributed by atoms with Gasteiger partial charge in [-0.1, -0.05) is 54.3 Å². The average Bonchev–Trinajstić information content (AvgIpc) is 2.78. The highest BCUT2D eigenvalue weighted by atomic mass is 79.9. The Morgan fingerprint density at radius 3 is 2.54 bits per heavy atom. The van der Waals surface area contributed by atoms with Crippen molar-refractivity contribution < 1.29 is 19.4 Å². The molecule has 0 bridgehead atoms. The van der Waals surface area contributed by atoms with Crippen molar-refractivity contribution in [3.63, 3.8) is 0 Å². The zero-order valence-electron chi connectivity index (χ0n) is 14.7.